The predicted molar refractivity (Wildman–Crippen MR) is 53.6 cm³/mol. The molecule has 2 aromatic rings. The molecule has 2 heterocycles. The second-order valence-electron chi connectivity index (χ2n) is 3.36. The fourth-order valence-electron chi connectivity index (χ4n) is 1.38. The lowest BCUT2D eigenvalue weighted by atomic mass is 10.4. The summed E-state index contributed by atoms with van der Waals surface area (Å²) in [4.78, 5) is 8.30. The summed E-state index contributed by atoms with van der Waals surface area (Å²) in [5.74, 6) is 0. The molecule has 0 fully saturated rings. The summed E-state index contributed by atoms with van der Waals surface area (Å²) in [6.45, 7) is 2.22. The number of rotatable bonds is 2. The van der Waals surface area contributed by atoms with Crippen LogP contribution in [-0.2, 0) is 6.54 Å². The molecule has 0 aliphatic carbocycles. The Balaban J connectivity index is 2.47. The second-order valence-corrected chi connectivity index (χ2v) is 3.36. The molecule has 0 aliphatic rings. The minimum Gasteiger partial charge on any atom is -0.397 e. The number of aromatic nitrogens is 3. The van der Waals surface area contributed by atoms with Crippen molar-refractivity contribution in [1.82, 2.24) is 14.5 Å². The molecule has 0 saturated heterocycles. The van der Waals surface area contributed by atoms with Crippen molar-refractivity contribution in [2.45, 2.75) is 19.6 Å². The maximum atomic E-state index is 9.24. The van der Waals surface area contributed by atoms with Crippen molar-refractivity contribution in [1.29, 1.82) is 0 Å². The van der Waals surface area contributed by atoms with Gasteiger partial charge in [0, 0.05) is 0 Å². The Labute approximate surface area is 81.2 Å². The summed E-state index contributed by atoms with van der Waals surface area (Å²) in [6, 6.07) is 1.76. The number of nitrogens with zero attached hydrogens (tertiary/aromatic N) is 3. The Hall–Kier alpha value is -1.62. The van der Waals surface area contributed by atoms with Crippen molar-refractivity contribution in [3.05, 3.63) is 18.6 Å². The molecule has 2 aromatic heterocycles. The molecule has 0 bridgehead atoms. The van der Waals surface area contributed by atoms with Gasteiger partial charge in [-0.3, -0.25) is 0 Å². The lowest BCUT2D eigenvalue weighted by Gasteiger charge is -2.05. The summed E-state index contributed by atoms with van der Waals surface area (Å²) < 4.78 is 1.80. The summed E-state index contributed by atoms with van der Waals surface area (Å²) in [5, 5.41) is 9.24. The van der Waals surface area contributed by atoms with Gasteiger partial charge in [0.25, 0.3) is 0 Å². The number of fused-ring (bicyclic) bond motifs is 1. The summed E-state index contributed by atoms with van der Waals surface area (Å²) in [5.41, 5.74) is 7.68. The smallest absolute Gasteiger partial charge is 0.160 e. The van der Waals surface area contributed by atoms with Gasteiger partial charge in [-0.05, 0) is 13.0 Å². The van der Waals surface area contributed by atoms with Gasteiger partial charge in [0.1, 0.15) is 5.52 Å². The van der Waals surface area contributed by atoms with Crippen LogP contribution in [0.1, 0.15) is 6.92 Å². The van der Waals surface area contributed by atoms with E-state index in [0.717, 1.165) is 11.2 Å². The van der Waals surface area contributed by atoms with E-state index in [9.17, 15) is 5.11 Å². The van der Waals surface area contributed by atoms with Crippen LogP contribution in [0.5, 0.6) is 0 Å². The first-order valence-electron chi connectivity index (χ1n) is 4.41. The number of nitrogens with two attached hydrogens (primary N) is 1. The minimum absolute atomic E-state index is 0.410. The zero-order valence-electron chi connectivity index (χ0n) is 7.88. The molecule has 0 aliphatic heterocycles. The standard InChI is InChI=1S/C9H12N4O/c1-6(14)4-13-5-12-8-2-7(10)3-11-9(8)13/h2-3,5-6,14H,4,10H2,1H3. The van der Waals surface area contributed by atoms with Crippen molar-refractivity contribution in [2.24, 2.45) is 0 Å². The molecule has 0 spiro atoms. The Kier molecular flexibility index (Phi) is 2.09. The lowest BCUT2D eigenvalue weighted by molar-refractivity contribution is 0.175. The largest absolute Gasteiger partial charge is 0.397 e. The lowest BCUT2D eigenvalue weighted by Crippen LogP contribution is -2.11. The van der Waals surface area contributed by atoms with E-state index in [4.69, 9.17) is 5.73 Å². The van der Waals surface area contributed by atoms with Gasteiger partial charge in [-0.1, -0.05) is 0 Å². The first-order valence-corrected chi connectivity index (χ1v) is 4.41. The molecule has 0 aromatic carbocycles. The molecular formula is C9H12N4O. The van der Waals surface area contributed by atoms with Gasteiger partial charge in [-0.25, -0.2) is 9.97 Å². The Morgan fingerprint density at radius 3 is 3.07 bits per heavy atom. The van der Waals surface area contributed by atoms with E-state index in [1.807, 2.05) is 0 Å². The Morgan fingerprint density at radius 2 is 2.36 bits per heavy atom. The Bertz CT molecular complexity index is 449. The van der Waals surface area contributed by atoms with Crippen molar-refractivity contribution < 1.29 is 5.11 Å². The van der Waals surface area contributed by atoms with Crippen LogP contribution in [0.2, 0.25) is 0 Å². The van der Waals surface area contributed by atoms with Crippen LogP contribution in [0.15, 0.2) is 18.6 Å². The Morgan fingerprint density at radius 1 is 1.57 bits per heavy atom. The highest BCUT2D eigenvalue weighted by molar-refractivity contribution is 5.74. The molecule has 1 unspecified atom stereocenters. The number of imidazole rings is 1. The summed E-state index contributed by atoms with van der Waals surface area (Å²) in [6.07, 6.45) is 2.83. The maximum Gasteiger partial charge on any atom is 0.160 e. The molecule has 74 valence electrons. The highest BCUT2D eigenvalue weighted by atomic mass is 16.3. The van der Waals surface area contributed by atoms with E-state index in [0.29, 0.717) is 12.2 Å². The highest BCUT2D eigenvalue weighted by Crippen LogP contribution is 2.12. The molecule has 5 nitrogen and oxygen atoms in total. The van der Waals surface area contributed by atoms with Gasteiger partial charge in [-0.2, -0.15) is 0 Å². The van der Waals surface area contributed by atoms with E-state index < -0.39 is 6.10 Å². The van der Waals surface area contributed by atoms with Crippen LogP contribution in [0.25, 0.3) is 11.2 Å². The van der Waals surface area contributed by atoms with Crippen molar-refractivity contribution >= 4 is 16.9 Å². The number of hydrogen-bond donors (Lipinski definition) is 2. The average molecular weight is 192 g/mol. The van der Waals surface area contributed by atoms with Crippen LogP contribution >= 0.6 is 0 Å². The van der Waals surface area contributed by atoms with Gasteiger partial charge >= 0.3 is 0 Å². The van der Waals surface area contributed by atoms with Crippen LogP contribution in [0.4, 0.5) is 5.69 Å². The molecule has 5 heteroatoms. The quantitative estimate of drug-likeness (QED) is 0.721. The van der Waals surface area contributed by atoms with E-state index >= 15 is 0 Å². The van der Waals surface area contributed by atoms with Crippen molar-refractivity contribution in [3.63, 3.8) is 0 Å². The van der Waals surface area contributed by atoms with Gasteiger partial charge in [0.05, 0.1) is 30.9 Å². The molecule has 3 N–H and O–H groups in total. The fraction of sp³-hybridized carbons (Fsp3) is 0.333. The fourth-order valence-corrected chi connectivity index (χ4v) is 1.38. The van der Waals surface area contributed by atoms with Crippen molar-refractivity contribution in [2.75, 3.05) is 5.73 Å². The molecule has 1 atom stereocenters. The third-order valence-electron chi connectivity index (χ3n) is 1.94. The zero-order chi connectivity index (χ0) is 10.1. The first-order chi connectivity index (χ1) is 6.66. The SMILES string of the molecule is CC(O)Cn1cnc2cc(N)cnc21. The number of hydrogen-bond acceptors (Lipinski definition) is 4. The van der Waals surface area contributed by atoms with Crippen LogP contribution < -0.4 is 5.73 Å². The number of anilines is 1. The van der Waals surface area contributed by atoms with Crippen LogP contribution in [0.3, 0.4) is 0 Å². The highest BCUT2D eigenvalue weighted by Gasteiger charge is 2.05. The van der Waals surface area contributed by atoms with Crippen LogP contribution in [0, 0.1) is 0 Å². The average Bonchev–Trinajstić information content (AvgIpc) is 2.47. The van der Waals surface area contributed by atoms with Gasteiger partial charge in [0.15, 0.2) is 5.65 Å². The number of aliphatic hydroxyl groups is 1. The molecule has 0 amide bonds. The molecule has 0 radical (unpaired) electrons. The topological polar surface area (TPSA) is 77.0 Å². The minimum atomic E-state index is -0.410. The zero-order valence-corrected chi connectivity index (χ0v) is 7.88. The van der Waals surface area contributed by atoms with E-state index in [-0.39, 0.29) is 0 Å². The van der Waals surface area contributed by atoms with E-state index in [1.165, 1.54) is 0 Å². The van der Waals surface area contributed by atoms with Gasteiger partial charge in [0.2, 0.25) is 0 Å². The second kappa shape index (κ2) is 3.26. The third-order valence-corrected chi connectivity index (χ3v) is 1.94. The molecular weight excluding hydrogens is 180 g/mol. The normalized spacial score (nSPS) is 13.3. The van der Waals surface area contributed by atoms with Gasteiger partial charge < -0.3 is 15.4 Å². The van der Waals surface area contributed by atoms with Crippen LogP contribution in [-0.4, -0.2) is 25.7 Å². The predicted octanol–water partition coefficient (Wildman–Crippen LogP) is 0.394. The summed E-state index contributed by atoms with van der Waals surface area (Å²) >= 11 is 0. The number of nitrogen functional groups attached to an aromatic ring is 1. The maximum absolute atomic E-state index is 9.24. The number of pyridine rings is 1. The van der Waals surface area contributed by atoms with Gasteiger partial charge in [-0.15, -0.1) is 0 Å². The van der Waals surface area contributed by atoms with E-state index in [1.54, 1.807) is 30.1 Å². The molecule has 2 rings (SSSR count). The molecule has 14 heavy (non-hydrogen) atoms. The number of aliphatic hydroxyl groups excluding tert-OH is 1. The molecule has 0 saturated carbocycles. The summed E-state index contributed by atoms with van der Waals surface area (Å²) in [7, 11) is 0. The van der Waals surface area contributed by atoms with Crippen molar-refractivity contribution in [3.8, 4) is 0 Å². The third kappa shape index (κ3) is 1.54. The van der Waals surface area contributed by atoms with E-state index in [2.05, 4.69) is 9.97 Å². The first kappa shape index (κ1) is 8.96. The monoisotopic (exact) mass is 192 g/mol.